The van der Waals surface area contributed by atoms with Gasteiger partial charge in [-0.3, -0.25) is 4.79 Å². The van der Waals surface area contributed by atoms with Crippen LogP contribution in [0, 0.1) is 25.7 Å². The average molecular weight is 369 g/mol. The number of nitrogens with zero attached hydrogens (tertiary/aromatic N) is 3. The first-order valence-corrected chi connectivity index (χ1v) is 10.5. The molecule has 0 aromatic carbocycles. The maximum absolute atomic E-state index is 12.8. The molecule has 0 bridgehead atoms. The number of aromatic nitrogens is 1. The van der Waals surface area contributed by atoms with E-state index in [4.69, 9.17) is 4.52 Å². The normalized spacial score (nSPS) is 23.8. The number of carbonyl (C=O) groups excluding carboxylic acids is 1. The summed E-state index contributed by atoms with van der Waals surface area (Å²) in [4.78, 5) is 14.9. The van der Waals surface area contributed by atoms with E-state index in [0.29, 0.717) is 43.3 Å². The zero-order valence-electron chi connectivity index (χ0n) is 15.2. The summed E-state index contributed by atoms with van der Waals surface area (Å²) < 4.78 is 32.1. The van der Waals surface area contributed by atoms with Gasteiger partial charge in [0.1, 0.15) is 10.6 Å². The lowest BCUT2D eigenvalue weighted by atomic mass is 9.93. The lowest BCUT2D eigenvalue weighted by molar-refractivity contribution is -0.138. The maximum atomic E-state index is 12.8. The number of hydrogen-bond donors (Lipinski definition) is 0. The third kappa shape index (κ3) is 3.60. The molecular weight excluding hydrogens is 342 g/mol. The van der Waals surface area contributed by atoms with E-state index in [9.17, 15) is 13.2 Å². The molecule has 1 aromatic heterocycles. The van der Waals surface area contributed by atoms with E-state index in [2.05, 4.69) is 12.1 Å². The molecule has 1 aromatic rings. The highest BCUT2D eigenvalue weighted by molar-refractivity contribution is 7.89. The van der Waals surface area contributed by atoms with Gasteiger partial charge in [0.05, 0.1) is 0 Å². The van der Waals surface area contributed by atoms with Gasteiger partial charge in [-0.1, -0.05) is 12.1 Å². The van der Waals surface area contributed by atoms with E-state index < -0.39 is 10.0 Å². The summed E-state index contributed by atoms with van der Waals surface area (Å²) in [6.07, 6.45) is 3.39. The van der Waals surface area contributed by atoms with Crippen molar-refractivity contribution in [1.82, 2.24) is 14.4 Å². The molecule has 1 amide bonds. The van der Waals surface area contributed by atoms with Crippen LogP contribution in [0.1, 0.15) is 44.1 Å². The average Bonchev–Trinajstić information content (AvgIpc) is 2.93. The quantitative estimate of drug-likeness (QED) is 0.813. The van der Waals surface area contributed by atoms with Crippen LogP contribution in [0.2, 0.25) is 0 Å². The summed E-state index contributed by atoms with van der Waals surface area (Å²) in [6.45, 7) is 7.83. The molecule has 1 unspecified atom stereocenters. The van der Waals surface area contributed by atoms with Gasteiger partial charge in [0.15, 0.2) is 5.76 Å². The van der Waals surface area contributed by atoms with E-state index in [-0.39, 0.29) is 16.7 Å². The van der Waals surface area contributed by atoms with Gasteiger partial charge in [0.2, 0.25) is 15.9 Å². The number of carbonyl (C=O) groups is 1. The van der Waals surface area contributed by atoms with E-state index in [0.717, 1.165) is 19.5 Å². The predicted molar refractivity (Wildman–Crippen MR) is 92.4 cm³/mol. The van der Waals surface area contributed by atoms with Crippen molar-refractivity contribution in [3.8, 4) is 0 Å². The summed E-state index contributed by atoms with van der Waals surface area (Å²) in [5.41, 5.74) is 0.387. The van der Waals surface area contributed by atoms with Gasteiger partial charge in [-0.25, -0.2) is 8.42 Å². The summed E-state index contributed by atoms with van der Waals surface area (Å²) in [5, 5.41) is 3.75. The number of aryl methyl sites for hydroxylation is 2. The molecule has 2 aliphatic rings. The molecule has 0 aliphatic carbocycles. The van der Waals surface area contributed by atoms with Gasteiger partial charge < -0.3 is 9.42 Å². The second kappa shape index (κ2) is 7.07. The molecule has 3 rings (SSSR count). The Kier molecular flexibility index (Phi) is 5.20. The summed E-state index contributed by atoms with van der Waals surface area (Å²) in [5.74, 6) is 0.998. The molecule has 2 aliphatic heterocycles. The fourth-order valence-electron chi connectivity index (χ4n) is 3.96. The highest BCUT2D eigenvalue weighted by Crippen LogP contribution is 2.29. The maximum Gasteiger partial charge on any atom is 0.248 e. The molecular formula is C17H27N3O4S. The van der Waals surface area contributed by atoms with Gasteiger partial charge in [-0.15, -0.1) is 0 Å². The van der Waals surface area contributed by atoms with Gasteiger partial charge in [0.25, 0.3) is 0 Å². The minimum Gasteiger partial charge on any atom is -0.360 e. The Balaban J connectivity index is 1.65. The van der Waals surface area contributed by atoms with Crippen LogP contribution in [-0.2, 0) is 14.8 Å². The zero-order valence-corrected chi connectivity index (χ0v) is 16.0. The molecule has 25 heavy (non-hydrogen) atoms. The first kappa shape index (κ1) is 18.4. The summed E-state index contributed by atoms with van der Waals surface area (Å²) in [7, 11) is -3.61. The Bertz CT molecular complexity index is 716. The Labute approximate surface area is 149 Å². The number of hydrogen-bond acceptors (Lipinski definition) is 5. The summed E-state index contributed by atoms with van der Waals surface area (Å²) in [6, 6.07) is 0. The second-order valence-corrected chi connectivity index (χ2v) is 9.24. The molecule has 2 saturated heterocycles. The minimum absolute atomic E-state index is 0.0681. The lowest BCUT2D eigenvalue weighted by Crippen LogP contribution is -2.47. The smallest absolute Gasteiger partial charge is 0.248 e. The van der Waals surface area contributed by atoms with Gasteiger partial charge in [-0.2, -0.15) is 4.31 Å². The van der Waals surface area contributed by atoms with Crippen molar-refractivity contribution >= 4 is 15.9 Å². The number of piperidine rings is 2. The third-order valence-electron chi connectivity index (χ3n) is 5.34. The number of likely N-dealkylation sites (tertiary alicyclic amines) is 1. The molecule has 0 radical (unpaired) electrons. The topological polar surface area (TPSA) is 83.7 Å². The van der Waals surface area contributed by atoms with E-state index in [1.165, 1.54) is 10.7 Å². The van der Waals surface area contributed by atoms with Crippen LogP contribution in [0.25, 0.3) is 0 Å². The first-order chi connectivity index (χ1) is 11.8. The second-order valence-electron chi connectivity index (χ2n) is 7.36. The summed E-state index contributed by atoms with van der Waals surface area (Å²) >= 11 is 0. The van der Waals surface area contributed by atoms with Gasteiger partial charge in [0, 0.05) is 32.1 Å². The molecule has 8 heteroatoms. The molecule has 7 nitrogen and oxygen atoms in total. The highest BCUT2D eigenvalue weighted by Gasteiger charge is 2.37. The fraction of sp³-hybridized carbons (Fsp3) is 0.765. The Morgan fingerprint density at radius 2 is 1.84 bits per heavy atom. The Hall–Kier alpha value is -1.41. The van der Waals surface area contributed by atoms with E-state index in [1.807, 2.05) is 4.90 Å². The molecule has 0 N–H and O–H groups in total. The Morgan fingerprint density at radius 3 is 2.40 bits per heavy atom. The van der Waals surface area contributed by atoms with Crippen molar-refractivity contribution in [3.05, 3.63) is 11.5 Å². The van der Waals surface area contributed by atoms with Crippen LogP contribution in [0.3, 0.4) is 0 Å². The zero-order chi connectivity index (χ0) is 18.2. The largest absolute Gasteiger partial charge is 0.360 e. The number of sulfonamides is 1. The van der Waals surface area contributed by atoms with Crippen LogP contribution in [0.4, 0.5) is 0 Å². The van der Waals surface area contributed by atoms with Gasteiger partial charge in [-0.05, 0) is 45.4 Å². The highest BCUT2D eigenvalue weighted by atomic mass is 32.2. The SMILES string of the molecule is Cc1noc(C)c1S(=O)(=O)N1CCC(C(=O)N2CCCC(C)C2)CC1. The predicted octanol–water partition coefficient (Wildman–Crippen LogP) is 1.95. The van der Waals surface area contributed by atoms with Crippen molar-refractivity contribution in [2.24, 2.45) is 11.8 Å². The molecule has 0 saturated carbocycles. The van der Waals surface area contributed by atoms with Crippen molar-refractivity contribution in [2.75, 3.05) is 26.2 Å². The molecule has 0 spiro atoms. The lowest BCUT2D eigenvalue weighted by Gasteiger charge is -2.36. The van der Waals surface area contributed by atoms with Crippen LogP contribution in [0.5, 0.6) is 0 Å². The molecule has 2 fully saturated rings. The standard InChI is InChI=1S/C17H27N3O4S/c1-12-5-4-8-19(11-12)17(21)15-6-9-20(10-7-15)25(22,23)16-13(2)18-24-14(16)3/h12,15H,4-11H2,1-3H3. The fourth-order valence-corrected chi connectivity index (χ4v) is 5.72. The van der Waals surface area contributed by atoms with E-state index >= 15 is 0 Å². The van der Waals surface area contributed by atoms with Crippen LogP contribution in [0.15, 0.2) is 9.42 Å². The third-order valence-corrected chi connectivity index (χ3v) is 7.48. The molecule has 1 atom stereocenters. The van der Waals surface area contributed by atoms with Crippen LogP contribution in [-0.4, -0.2) is 54.9 Å². The first-order valence-electron chi connectivity index (χ1n) is 9.02. The Morgan fingerprint density at radius 1 is 1.16 bits per heavy atom. The molecule has 140 valence electrons. The van der Waals surface area contributed by atoms with Crippen molar-refractivity contribution in [1.29, 1.82) is 0 Å². The van der Waals surface area contributed by atoms with Crippen LogP contribution < -0.4 is 0 Å². The van der Waals surface area contributed by atoms with E-state index in [1.54, 1.807) is 13.8 Å². The van der Waals surface area contributed by atoms with Crippen LogP contribution >= 0.6 is 0 Å². The molecule has 3 heterocycles. The number of rotatable bonds is 3. The van der Waals surface area contributed by atoms with Gasteiger partial charge >= 0.3 is 0 Å². The minimum atomic E-state index is -3.61. The van der Waals surface area contributed by atoms with Crippen molar-refractivity contribution < 1.29 is 17.7 Å². The monoisotopic (exact) mass is 369 g/mol. The number of amides is 1. The van der Waals surface area contributed by atoms with Crippen molar-refractivity contribution in [3.63, 3.8) is 0 Å². The van der Waals surface area contributed by atoms with Crippen molar-refractivity contribution in [2.45, 2.75) is 51.3 Å².